The molecule has 0 aromatic carbocycles. The van der Waals surface area contributed by atoms with Gasteiger partial charge in [0, 0.05) is 35.5 Å². The standard InChI is InChI=1S/C12H20BrN3/c1-4-16(9(2)3)12(6-14)10-5-11(13)8-15-7-10/h5,7-9,12H,4,6,14H2,1-3H3. The second kappa shape index (κ2) is 6.33. The molecular weight excluding hydrogens is 266 g/mol. The summed E-state index contributed by atoms with van der Waals surface area (Å²) < 4.78 is 1.00. The van der Waals surface area contributed by atoms with Gasteiger partial charge in [0.2, 0.25) is 0 Å². The van der Waals surface area contributed by atoms with Gasteiger partial charge in [-0.25, -0.2) is 0 Å². The maximum Gasteiger partial charge on any atom is 0.0488 e. The normalized spacial score (nSPS) is 13.4. The molecule has 1 rings (SSSR count). The lowest BCUT2D eigenvalue weighted by molar-refractivity contribution is 0.166. The van der Waals surface area contributed by atoms with Gasteiger partial charge in [-0.1, -0.05) is 6.92 Å². The summed E-state index contributed by atoms with van der Waals surface area (Å²) in [6.07, 6.45) is 3.69. The molecule has 0 fully saturated rings. The minimum Gasteiger partial charge on any atom is -0.329 e. The molecule has 0 aliphatic rings. The Morgan fingerprint density at radius 1 is 1.44 bits per heavy atom. The van der Waals surface area contributed by atoms with Gasteiger partial charge in [0.15, 0.2) is 0 Å². The second-order valence-corrected chi connectivity index (χ2v) is 5.03. The van der Waals surface area contributed by atoms with Crippen molar-refractivity contribution in [1.29, 1.82) is 0 Å². The summed E-state index contributed by atoms with van der Waals surface area (Å²) in [5, 5.41) is 0. The van der Waals surface area contributed by atoms with Crippen molar-refractivity contribution in [3.63, 3.8) is 0 Å². The predicted molar refractivity (Wildman–Crippen MR) is 71.2 cm³/mol. The van der Waals surface area contributed by atoms with Crippen LogP contribution in [0.5, 0.6) is 0 Å². The lowest BCUT2D eigenvalue weighted by Gasteiger charge is -2.33. The number of nitrogens with two attached hydrogens (primary N) is 1. The van der Waals surface area contributed by atoms with E-state index >= 15 is 0 Å². The van der Waals surface area contributed by atoms with Gasteiger partial charge in [0.1, 0.15) is 0 Å². The minimum absolute atomic E-state index is 0.245. The molecule has 2 N–H and O–H groups in total. The van der Waals surface area contributed by atoms with E-state index in [2.05, 4.69) is 52.7 Å². The molecule has 0 aliphatic carbocycles. The molecule has 1 aromatic heterocycles. The van der Waals surface area contributed by atoms with Crippen LogP contribution >= 0.6 is 15.9 Å². The molecule has 1 aromatic rings. The van der Waals surface area contributed by atoms with E-state index < -0.39 is 0 Å². The monoisotopic (exact) mass is 285 g/mol. The quantitative estimate of drug-likeness (QED) is 0.904. The third-order valence-electron chi connectivity index (χ3n) is 2.76. The molecule has 1 atom stereocenters. The molecule has 0 aliphatic heterocycles. The van der Waals surface area contributed by atoms with Crippen molar-refractivity contribution < 1.29 is 0 Å². The summed E-state index contributed by atoms with van der Waals surface area (Å²) >= 11 is 3.45. The average molecular weight is 286 g/mol. The van der Waals surface area contributed by atoms with E-state index in [-0.39, 0.29) is 6.04 Å². The van der Waals surface area contributed by atoms with Gasteiger partial charge >= 0.3 is 0 Å². The van der Waals surface area contributed by atoms with Crippen molar-refractivity contribution in [1.82, 2.24) is 9.88 Å². The number of rotatable bonds is 5. The van der Waals surface area contributed by atoms with Gasteiger partial charge in [0.25, 0.3) is 0 Å². The van der Waals surface area contributed by atoms with E-state index in [1.54, 1.807) is 6.20 Å². The Labute approximate surface area is 106 Å². The van der Waals surface area contributed by atoms with Crippen LogP contribution in [0.1, 0.15) is 32.4 Å². The van der Waals surface area contributed by atoms with Crippen molar-refractivity contribution >= 4 is 15.9 Å². The Morgan fingerprint density at radius 3 is 2.56 bits per heavy atom. The van der Waals surface area contributed by atoms with Gasteiger partial charge in [-0.15, -0.1) is 0 Å². The van der Waals surface area contributed by atoms with Gasteiger partial charge in [0.05, 0.1) is 0 Å². The molecular formula is C12H20BrN3. The number of nitrogens with zero attached hydrogens (tertiary/aromatic N) is 2. The number of halogens is 1. The highest BCUT2D eigenvalue weighted by molar-refractivity contribution is 9.10. The fourth-order valence-corrected chi connectivity index (χ4v) is 2.40. The Hall–Kier alpha value is -0.450. The highest BCUT2D eigenvalue weighted by Crippen LogP contribution is 2.23. The summed E-state index contributed by atoms with van der Waals surface area (Å²) in [5.74, 6) is 0. The first-order valence-electron chi connectivity index (χ1n) is 5.66. The first-order valence-corrected chi connectivity index (χ1v) is 6.45. The van der Waals surface area contributed by atoms with Crippen LogP contribution in [0.15, 0.2) is 22.9 Å². The van der Waals surface area contributed by atoms with Gasteiger partial charge in [-0.05, 0) is 48.0 Å². The zero-order chi connectivity index (χ0) is 12.1. The van der Waals surface area contributed by atoms with Crippen molar-refractivity contribution in [3.8, 4) is 0 Å². The molecule has 16 heavy (non-hydrogen) atoms. The van der Waals surface area contributed by atoms with E-state index in [1.165, 1.54) is 5.56 Å². The summed E-state index contributed by atoms with van der Waals surface area (Å²) in [5.41, 5.74) is 7.06. The SMILES string of the molecule is CCN(C(C)C)C(CN)c1cncc(Br)c1. The average Bonchev–Trinajstić information content (AvgIpc) is 2.25. The van der Waals surface area contributed by atoms with Crippen LogP contribution in [0.25, 0.3) is 0 Å². The van der Waals surface area contributed by atoms with Crippen LogP contribution in [0.2, 0.25) is 0 Å². The molecule has 0 radical (unpaired) electrons. The predicted octanol–water partition coefficient (Wildman–Crippen LogP) is 2.57. The summed E-state index contributed by atoms with van der Waals surface area (Å²) in [7, 11) is 0. The third kappa shape index (κ3) is 3.27. The summed E-state index contributed by atoms with van der Waals surface area (Å²) in [6.45, 7) is 8.15. The molecule has 0 saturated heterocycles. The second-order valence-electron chi connectivity index (χ2n) is 4.11. The van der Waals surface area contributed by atoms with Crippen LogP contribution < -0.4 is 5.73 Å². The molecule has 1 heterocycles. The first-order chi connectivity index (χ1) is 7.60. The maximum atomic E-state index is 5.88. The molecule has 0 saturated carbocycles. The number of pyridine rings is 1. The highest BCUT2D eigenvalue weighted by Gasteiger charge is 2.20. The van der Waals surface area contributed by atoms with E-state index in [9.17, 15) is 0 Å². The van der Waals surface area contributed by atoms with E-state index in [4.69, 9.17) is 5.73 Å². The van der Waals surface area contributed by atoms with Crippen molar-refractivity contribution in [2.75, 3.05) is 13.1 Å². The summed E-state index contributed by atoms with van der Waals surface area (Å²) in [4.78, 5) is 6.58. The largest absolute Gasteiger partial charge is 0.329 e. The molecule has 0 amide bonds. The molecule has 4 heteroatoms. The molecule has 0 bridgehead atoms. The minimum atomic E-state index is 0.245. The number of likely N-dealkylation sites (N-methyl/N-ethyl adjacent to an activating group) is 1. The number of aromatic nitrogens is 1. The maximum absolute atomic E-state index is 5.88. The van der Waals surface area contributed by atoms with Gasteiger partial charge in [-0.3, -0.25) is 9.88 Å². The highest BCUT2D eigenvalue weighted by atomic mass is 79.9. The zero-order valence-electron chi connectivity index (χ0n) is 10.2. The van der Waals surface area contributed by atoms with E-state index in [0.29, 0.717) is 12.6 Å². The van der Waals surface area contributed by atoms with Crippen molar-refractivity contribution in [2.45, 2.75) is 32.9 Å². The van der Waals surface area contributed by atoms with Crippen molar-refractivity contribution in [3.05, 3.63) is 28.5 Å². The van der Waals surface area contributed by atoms with Crippen LogP contribution in [0.4, 0.5) is 0 Å². The van der Waals surface area contributed by atoms with Crippen LogP contribution in [0.3, 0.4) is 0 Å². The van der Waals surface area contributed by atoms with Gasteiger partial charge in [-0.2, -0.15) is 0 Å². The Kier molecular flexibility index (Phi) is 5.38. The number of hydrogen-bond acceptors (Lipinski definition) is 3. The fourth-order valence-electron chi connectivity index (χ4n) is 2.02. The Balaban J connectivity index is 2.96. The fraction of sp³-hybridized carbons (Fsp3) is 0.583. The summed E-state index contributed by atoms with van der Waals surface area (Å²) in [6, 6.07) is 2.82. The molecule has 90 valence electrons. The third-order valence-corrected chi connectivity index (χ3v) is 3.20. The lowest BCUT2D eigenvalue weighted by atomic mass is 10.1. The van der Waals surface area contributed by atoms with Crippen LogP contribution in [0, 0.1) is 0 Å². The molecule has 0 spiro atoms. The topological polar surface area (TPSA) is 42.1 Å². The molecule has 3 nitrogen and oxygen atoms in total. The van der Waals surface area contributed by atoms with Crippen LogP contribution in [-0.2, 0) is 0 Å². The van der Waals surface area contributed by atoms with Gasteiger partial charge < -0.3 is 5.73 Å². The first kappa shape index (κ1) is 13.6. The van der Waals surface area contributed by atoms with Crippen molar-refractivity contribution in [2.24, 2.45) is 5.73 Å². The Bertz CT molecular complexity index is 328. The lowest BCUT2D eigenvalue weighted by Crippen LogP contribution is -2.38. The van der Waals surface area contributed by atoms with E-state index in [0.717, 1.165) is 11.0 Å². The Morgan fingerprint density at radius 2 is 2.12 bits per heavy atom. The smallest absolute Gasteiger partial charge is 0.0488 e. The number of hydrogen-bond donors (Lipinski definition) is 1. The van der Waals surface area contributed by atoms with Crippen LogP contribution in [-0.4, -0.2) is 29.0 Å². The zero-order valence-corrected chi connectivity index (χ0v) is 11.7. The molecule has 1 unspecified atom stereocenters. The van der Waals surface area contributed by atoms with E-state index in [1.807, 2.05) is 6.20 Å².